The second-order valence-corrected chi connectivity index (χ2v) is 12.0. The fourth-order valence-corrected chi connectivity index (χ4v) is 7.25. The SMILES string of the molecule is [C-]#[N+]c1cc(C#N)ccc1-c1ccc(-n2c3ccccc3c3cc(-n4c5ccccc5c5ccccc54)ccc32)c(-c2ccccc2)c1. The van der Waals surface area contributed by atoms with Crippen LogP contribution in [0.1, 0.15) is 5.56 Å². The van der Waals surface area contributed by atoms with Gasteiger partial charge in [-0.3, -0.25) is 0 Å². The van der Waals surface area contributed by atoms with Crippen LogP contribution in [0.3, 0.4) is 0 Å². The predicted octanol–water partition coefficient (Wildman–Crippen LogP) is 11.6. The number of nitrogens with zero attached hydrogens (tertiary/aromatic N) is 4. The Morgan fingerprint density at radius 3 is 1.75 bits per heavy atom. The van der Waals surface area contributed by atoms with Crippen LogP contribution in [0.25, 0.3) is 82.1 Å². The van der Waals surface area contributed by atoms with Crippen molar-refractivity contribution in [3.05, 3.63) is 175 Å². The Hall–Kier alpha value is -6.88. The molecule has 7 aromatic carbocycles. The van der Waals surface area contributed by atoms with Gasteiger partial charge in [-0.1, -0.05) is 97.1 Å². The predicted molar refractivity (Wildman–Crippen MR) is 197 cm³/mol. The summed E-state index contributed by atoms with van der Waals surface area (Å²) in [7, 11) is 0. The Morgan fingerprint density at radius 2 is 1.08 bits per heavy atom. The molecule has 0 aliphatic rings. The van der Waals surface area contributed by atoms with Gasteiger partial charge in [0.25, 0.3) is 0 Å². The lowest BCUT2D eigenvalue weighted by molar-refractivity contribution is 1.17. The van der Waals surface area contributed by atoms with Gasteiger partial charge >= 0.3 is 0 Å². The minimum absolute atomic E-state index is 0.468. The van der Waals surface area contributed by atoms with E-state index in [4.69, 9.17) is 6.57 Å². The third kappa shape index (κ3) is 4.14. The van der Waals surface area contributed by atoms with Gasteiger partial charge in [0.2, 0.25) is 0 Å². The molecular weight excluding hydrogens is 585 g/mol. The summed E-state index contributed by atoms with van der Waals surface area (Å²) < 4.78 is 4.73. The zero-order valence-electron chi connectivity index (χ0n) is 25.8. The zero-order chi connectivity index (χ0) is 32.2. The van der Waals surface area contributed by atoms with Crippen molar-refractivity contribution in [3.8, 4) is 39.7 Å². The van der Waals surface area contributed by atoms with Crippen LogP contribution in [0, 0.1) is 17.9 Å². The topological polar surface area (TPSA) is 38.0 Å². The average molecular weight is 611 g/mol. The Bertz CT molecular complexity index is 2750. The molecule has 222 valence electrons. The summed E-state index contributed by atoms with van der Waals surface area (Å²) in [5.74, 6) is 0. The van der Waals surface area contributed by atoms with Crippen LogP contribution in [0.2, 0.25) is 0 Å². The lowest BCUT2D eigenvalue weighted by atomic mass is 9.95. The quantitative estimate of drug-likeness (QED) is 0.183. The van der Waals surface area contributed by atoms with Crippen molar-refractivity contribution in [2.45, 2.75) is 0 Å². The lowest BCUT2D eigenvalue weighted by Gasteiger charge is -2.17. The molecular formula is C44H26N4. The maximum Gasteiger partial charge on any atom is 0.196 e. The Kier molecular flexibility index (Phi) is 6.22. The van der Waals surface area contributed by atoms with Gasteiger partial charge in [0.05, 0.1) is 40.4 Å². The molecule has 0 saturated carbocycles. The molecule has 0 aliphatic carbocycles. The van der Waals surface area contributed by atoms with Gasteiger partial charge < -0.3 is 9.13 Å². The van der Waals surface area contributed by atoms with Crippen LogP contribution in [0.4, 0.5) is 5.69 Å². The largest absolute Gasteiger partial charge is 0.309 e. The number of fused-ring (bicyclic) bond motifs is 6. The first-order valence-corrected chi connectivity index (χ1v) is 15.9. The number of rotatable bonds is 4. The first kappa shape index (κ1) is 27.4. The van der Waals surface area contributed by atoms with Crippen LogP contribution in [-0.4, -0.2) is 9.13 Å². The molecule has 9 rings (SSSR count). The van der Waals surface area contributed by atoms with Crippen LogP contribution in [0.5, 0.6) is 0 Å². The summed E-state index contributed by atoms with van der Waals surface area (Å²) in [5, 5.41) is 14.3. The van der Waals surface area contributed by atoms with Crippen LogP contribution in [0.15, 0.2) is 158 Å². The van der Waals surface area contributed by atoms with Crippen molar-refractivity contribution in [1.82, 2.24) is 9.13 Å². The highest BCUT2D eigenvalue weighted by Gasteiger charge is 2.19. The van der Waals surface area contributed by atoms with Gasteiger partial charge in [-0.25, -0.2) is 4.85 Å². The standard InChI is InChI=1S/C44H26N4/c1-46-39-25-29(28-45)19-22-33(39)31-20-23-43(37(26-31)30-11-3-2-4-12-30)48-42-18-10-7-15-36(42)38-27-32(21-24-44(38)48)47-40-16-8-5-13-34(40)35-14-6-9-17-41(35)47/h2-27H. The summed E-state index contributed by atoms with van der Waals surface area (Å²) >= 11 is 0. The van der Waals surface area contributed by atoms with Gasteiger partial charge in [0.15, 0.2) is 5.69 Å². The fraction of sp³-hybridized carbons (Fsp3) is 0. The third-order valence-corrected chi connectivity index (χ3v) is 9.37. The number of hydrogen-bond acceptors (Lipinski definition) is 1. The first-order chi connectivity index (χ1) is 23.7. The summed E-state index contributed by atoms with van der Waals surface area (Å²) in [6.45, 7) is 7.83. The maximum atomic E-state index is 9.43. The molecule has 0 saturated heterocycles. The minimum atomic E-state index is 0.468. The van der Waals surface area contributed by atoms with Crippen molar-refractivity contribution in [3.63, 3.8) is 0 Å². The number of hydrogen-bond donors (Lipinski definition) is 0. The Labute approximate surface area is 277 Å². The average Bonchev–Trinajstić information content (AvgIpc) is 3.67. The van der Waals surface area contributed by atoms with Gasteiger partial charge in [-0.15, -0.1) is 0 Å². The normalized spacial score (nSPS) is 11.3. The Morgan fingerprint density at radius 1 is 0.479 bits per heavy atom. The van der Waals surface area contributed by atoms with Crippen molar-refractivity contribution in [2.75, 3.05) is 0 Å². The molecule has 48 heavy (non-hydrogen) atoms. The van der Waals surface area contributed by atoms with Crippen molar-refractivity contribution < 1.29 is 0 Å². The van der Waals surface area contributed by atoms with Crippen LogP contribution in [-0.2, 0) is 0 Å². The van der Waals surface area contributed by atoms with E-state index >= 15 is 0 Å². The zero-order valence-corrected chi connectivity index (χ0v) is 25.8. The summed E-state index contributed by atoms with van der Waals surface area (Å²) in [6, 6.07) is 56.9. The van der Waals surface area contributed by atoms with E-state index in [0.717, 1.165) is 44.7 Å². The molecule has 0 radical (unpaired) electrons. The fourth-order valence-electron chi connectivity index (χ4n) is 7.25. The first-order valence-electron chi connectivity index (χ1n) is 15.9. The lowest BCUT2D eigenvalue weighted by Crippen LogP contribution is -1.98. The van der Waals surface area contributed by atoms with Gasteiger partial charge in [-0.05, 0) is 77.4 Å². The van der Waals surface area contributed by atoms with Crippen molar-refractivity contribution in [1.29, 1.82) is 5.26 Å². The van der Waals surface area contributed by atoms with E-state index in [9.17, 15) is 5.26 Å². The summed E-state index contributed by atoms with van der Waals surface area (Å²) in [5.41, 5.74) is 11.6. The number of para-hydroxylation sites is 3. The molecule has 0 amide bonds. The number of aromatic nitrogens is 2. The van der Waals surface area contributed by atoms with Gasteiger partial charge in [-0.2, -0.15) is 5.26 Å². The molecule has 0 spiro atoms. The van der Waals surface area contributed by atoms with Gasteiger partial charge in [0, 0.05) is 38.4 Å². The van der Waals surface area contributed by atoms with E-state index < -0.39 is 0 Å². The van der Waals surface area contributed by atoms with Crippen LogP contribution < -0.4 is 0 Å². The van der Waals surface area contributed by atoms with Crippen LogP contribution >= 0.6 is 0 Å². The number of nitriles is 1. The molecule has 0 aliphatic heterocycles. The van der Waals surface area contributed by atoms with Crippen molar-refractivity contribution >= 4 is 49.3 Å². The molecule has 0 bridgehead atoms. The summed E-state index contributed by atoms with van der Waals surface area (Å²) in [6.07, 6.45) is 0. The smallest absolute Gasteiger partial charge is 0.196 e. The van der Waals surface area contributed by atoms with E-state index in [0.29, 0.717) is 11.3 Å². The van der Waals surface area contributed by atoms with E-state index in [1.165, 1.54) is 32.6 Å². The van der Waals surface area contributed by atoms with Crippen molar-refractivity contribution in [2.24, 2.45) is 0 Å². The van der Waals surface area contributed by atoms with Gasteiger partial charge in [0.1, 0.15) is 0 Å². The summed E-state index contributed by atoms with van der Waals surface area (Å²) in [4.78, 5) is 3.77. The highest BCUT2D eigenvalue weighted by Crippen LogP contribution is 2.41. The molecule has 0 fully saturated rings. The van der Waals surface area contributed by atoms with E-state index in [-0.39, 0.29) is 0 Å². The molecule has 0 unspecified atom stereocenters. The molecule has 0 atom stereocenters. The highest BCUT2D eigenvalue weighted by molar-refractivity contribution is 6.12. The van der Waals surface area contributed by atoms with E-state index in [1.54, 1.807) is 12.1 Å². The monoisotopic (exact) mass is 610 g/mol. The molecule has 4 heteroatoms. The van der Waals surface area contributed by atoms with E-state index in [2.05, 4.69) is 154 Å². The Balaban J connectivity index is 1.31. The second kappa shape index (κ2) is 10.9. The maximum absolute atomic E-state index is 9.43. The molecule has 0 N–H and O–H groups in total. The minimum Gasteiger partial charge on any atom is -0.309 e. The third-order valence-electron chi connectivity index (χ3n) is 9.37. The molecule has 4 nitrogen and oxygen atoms in total. The number of benzene rings is 7. The highest BCUT2D eigenvalue weighted by atomic mass is 15.0. The second-order valence-electron chi connectivity index (χ2n) is 12.0. The molecule has 9 aromatic rings. The molecule has 2 aromatic heterocycles. The molecule has 2 heterocycles. The van der Waals surface area contributed by atoms with E-state index in [1.807, 2.05) is 12.1 Å².